The summed E-state index contributed by atoms with van der Waals surface area (Å²) in [6, 6.07) is 5.10. The number of hydrogen-bond donors (Lipinski definition) is 2. The van der Waals surface area contributed by atoms with Gasteiger partial charge in [0, 0.05) is 11.6 Å². The first-order chi connectivity index (χ1) is 12.7. The molecule has 1 aromatic carbocycles. The molecule has 2 amide bonds. The van der Waals surface area contributed by atoms with Crippen LogP contribution in [0.15, 0.2) is 24.3 Å². The fraction of sp³-hybridized carbons (Fsp3) is 0.316. The molecule has 2 aromatic rings. The van der Waals surface area contributed by atoms with Gasteiger partial charge < -0.3 is 15.4 Å². The number of esters is 1. The number of rotatable bonds is 6. The minimum absolute atomic E-state index is 0.0876. The zero-order valence-corrected chi connectivity index (χ0v) is 16.3. The van der Waals surface area contributed by atoms with Gasteiger partial charge in [0.1, 0.15) is 10.8 Å². The van der Waals surface area contributed by atoms with Crippen molar-refractivity contribution in [2.45, 2.75) is 33.7 Å². The lowest BCUT2D eigenvalue weighted by molar-refractivity contribution is 0.0527. The Kier molecular flexibility index (Phi) is 6.68. The van der Waals surface area contributed by atoms with Crippen molar-refractivity contribution >= 4 is 34.1 Å². The highest BCUT2D eigenvalue weighted by molar-refractivity contribution is 7.18. The molecular weight excluding hydrogens is 371 g/mol. The molecule has 8 heteroatoms. The molecule has 2 N–H and O–H groups in total. The lowest BCUT2D eigenvalue weighted by Crippen LogP contribution is -2.29. The van der Waals surface area contributed by atoms with E-state index in [1.165, 1.54) is 18.2 Å². The Morgan fingerprint density at radius 3 is 2.52 bits per heavy atom. The molecule has 0 bridgehead atoms. The van der Waals surface area contributed by atoms with Crippen molar-refractivity contribution in [1.82, 2.24) is 5.32 Å². The molecule has 0 aliphatic rings. The van der Waals surface area contributed by atoms with E-state index in [1.54, 1.807) is 13.8 Å². The fourth-order valence-electron chi connectivity index (χ4n) is 2.40. The van der Waals surface area contributed by atoms with Gasteiger partial charge in [0.25, 0.3) is 11.8 Å². The Morgan fingerprint density at radius 2 is 1.93 bits per heavy atom. The summed E-state index contributed by atoms with van der Waals surface area (Å²) in [6.45, 7) is 7.07. The van der Waals surface area contributed by atoms with Crippen LogP contribution in [0.5, 0.6) is 0 Å². The smallest absolute Gasteiger partial charge is 0.341 e. The predicted molar refractivity (Wildman–Crippen MR) is 102 cm³/mol. The largest absolute Gasteiger partial charge is 0.462 e. The van der Waals surface area contributed by atoms with Crippen LogP contribution in [0.4, 0.5) is 9.39 Å². The van der Waals surface area contributed by atoms with Crippen molar-refractivity contribution in [3.05, 3.63) is 51.7 Å². The van der Waals surface area contributed by atoms with E-state index in [2.05, 4.69) is 10.6 Å². The normalized spacial score (nSPS) is 10.6. The van der Waals surface area contributed by atoms with Crippen molar-refractivity contribution in [3.63, 3.8) is 0 Å². The molecule has 6 nitrogen and oxygen atoms in total. The summed E-state index contributed by atoms with van der Waals surface area (Å²) in [5, 5.41) is 5.54. The first-order valence-electron chi connectivity index (χ1n) is 8.42. The highest BCUT2D eigenvalue weighted by Gasteiger charge is 2.27. The van der Waals surface area contributed by atoms with Crippen molar-refractivity contribution in [3.8, 4) is 0 Å². The van der Waals surface area contributed by atoms with Crippen molar-refractivity contribution in [2.24, 2.45) is 0 Å². The van der Waals surface area contributed by atoms with Crippen molar-refractivity contribution in [1.29, 1.82) is 0 Å². The SMILES string of the molecule is CCOC(=O)c1c(NC(=O)c2cccc(F)c2)sc(C(=O)NC(C)C)c1C. The molecule has 0 saturated carbocycles. The Balaban J connectivity index is 2.42. The van der Waals surface area contributed by atoms with Crippen LogP contribution < -0.4 is 10.6 Å². The van der Waals surface area contributed by atoms with E-state index in [-0.39, 0.29) is 34.7 Å². The fourth-order valence-corrected chi connectivity index (χ4v) is 3.49. The number of ether oxygens (including phenoxy) is 1. The van der Waals surface area contributed by atoms with E-state index in [9.17, 15) is 18.8 Å². The van der Waals surface area contributed by atoms with Gasteiger partial charge in [0.05, 0.1) is 17.0 Å². The molecule has 0 aliphatic heterocycles. The van der Waals surface area contributed by atoms with Crippen LogP contribution in [0.25, 0.3) is 0 Å². The van der Waals surface area contributed by atoms with Gasteiger partial charge >= 0.3 is 5.97 Å². The van der Waals surface area contributed by atoms with Crippen molar-refractivity contribution < 1.29 is 23.5 Å². The highest BCUT2D eigenvalue weighted by Crippen LogP contribution is 2.34. The quantitative estimate of drug-likeness (QED) is 0.733. The van der Waals surface area contributed by atoms with Crippen LogP contribution in [0.1, 0.15) is 56.7 Å². The maximum absolute atomic E-state index is 13.4. The highest BCUT2D eigenvalue weighted by atomic mass is 32.1. The number of halogens is 1. The molecule has 0 aliphatic carbocycles. The van der Waals surface area contributed by atoms with E-state index in [1.807, 2.05) is 13.8 Å². The van der Waals surface area contributed by atoms with Gasteiger partial charge in [-0.15, -0.1) is 11.3 Å². The first-order valence-corrected chi connectivity index (χ1v) is 9.24. The van der Waals surface area contributed by atoms with Gasteiger partial charge in [0.15, 0.2) is 0 Å². The van der Waals surface area contributed by atoms with E-state index in [0.29, 0.717) is 10.4 Å². The summed E-state index contributed by atoms with van der Waals surface area (Å²) < 4.78 is 18.4. The van der Waals surface area contributed by atoms with Gasteiger partial charge in [-0.25, -0.2) is 9.18 Å². The van der Waals surface area contributed by atoms with Crippen LogP contribution in [0.2, 0.25) is 0 Å². The van der Waals surface area contributed by atoms with Crippen LogP contribution >= 0.6 is 11.3 Å². The van der Waals surface area contributed by atoms with Gasteiger partial charge in [-0.1, -0.05) is 6.07 Å². The second kappa shape index (κ2) is 8.77. The zero-order valence-electron chi connectivity index (χ0n) is 15.5. The third-order valence-electron chi connectivity index (χ3n) is 3.57. The Labute approximate surface area is 160 Å². The van der Waals surface area contributed by atoms with E-state index >= 15 is 0 Å². The molecule has 0 radical (unpaired) electrons. The number of amides is 2. The Hall–Kier alpha value is -2.74. The lowest BCUT2D eigenvalue weighted by atomic mass is 10.1. The third-order valence-corrected chi connectivity index (χ3v) is 4.77. The molecule has 1 heterocycles. The first kappa shape index (κ1) is 20.6. The summed E-state index contributed by atoms with van der Waals surface area (Å²) in [4.78, 5) is 37.5. The minimum Gasteiger partial charge on any atom is -0.462 e. The third kappa shape index (κ3) is 4.91. The molecule has 2 rings (SSSR count). The number of benzene rings is 1. The lowest BCUT2D eigenvalue weighted by Gasteiger charge is -2.08. The van der Waals surface area contributed by atoms with E-state index in [4.69, 9.17) is 4.74 Å². The molecule has 0 fully saturated rings. The summed E-state index contributed by atoms with van der Waals surface area (Å²) in [5.41, 5.74) is 0.649. The van der Waals surface area contributed by atoms with Gasteiger partial charge in [-0.05, 0) is 51.5 Å². The second-order valence-electron chi connectivity index (χ2n) is 6.07. The van der Waals surface area contributed by atoms with Crippen LogP contribution in [-0.2, 0) is 4.74 Å². The number of carbonyl (C=O) groups is 3. The number of hydrogen-bond acceptors (Lipinski definition) is 5. The maximum Gasteiger partial charge on any atom is 0.341 e. The summed E-state index contributed by atoms with van der Waals surface area (Å²) in [5.74, 6) is -2.11. The number of anilines is 1. The average molecular weight is 392 g/mol. The topological polar surface area (TPSA) is 84.5 Å². The molecule has 0 unspecified atom stereocenters. The summed E-state index contributed by atoms with van der Waals surface area (Å²) in [7, 11) is 0. The molecule has 27 heavy (non-hydrogen) atoms. The molecular formula is C19H21FN2O4S. The van der Waals surface area contributed by atoms with E-state index in [0.717, 1.165) is 17.4 Å². The molecule has 0 saturated heterocycles. The Bertz CT molecular complexity index is 877. The molecule has 144 valence electrons. The summed E-state index contributed by atoms with van der Waals surface area (Å²) in [6.07, 6.45) is 0. The monoisotopic (exact) mass is 392 g/mol. The van der Waals surface area contributed by atoms with Crippen molar-refractivity contribution in [2.75, 3.05) is 11.9 Å². The second-order valence-corrected chi connectivity index (χ2v) is 7.09. The van der Waals surface area contributed by atoms with Gasteiger partial charge in [0.2, 0.25) is 0 Å². The molecule has 0 spiro atoms. The number of nitrogens with one attached hydrogen (secondary N) is 2. The molecule has 0 atom stereocenters. The standard InChI is InChI=1S/C19H21FN2O4S/c1-5-26-19(25)14-11(4)15(17(24)21-10(2)3)27-18(14)22-16(23)12-7-6-8-13(20)9-12/h6-10H,5H2,1-4H3,(H,21,24)(H,22,23). The maximum atomic E-state index is 13.4. The number of thiophene rings is 1. The Morgan fingerprint density at radius 1 is 1.22 bits per heavy atom. The van der Waals surface area contributed by atoms with Crippen LogP contribution in [0.3, 0.4) is 0 Å². The number of carbonyl (C=O) groups excluding carboxylic acids is 3. The molecule has 1 aromatic heterocycles. The van der Waals surface area contributed by atoms with Crippen LogP contribution in [0, 0.1) is 12.7 Å². The average Bonchev–Trinajstić information content (AvgIpc) is 2.90. The minimum atomic E-state index is -0.635. The van der Waals surface area contributed by atoms with Crippen LogP contribution in [-0.4, -0.2) is 30.4 Å². The summed E-state index contributed by atoms with van der Waals surface area (Å²) >= 11 is 0.979. The van der Waals surface area contributed by atoms with E-state index < -0.39 is 17.7 Å². The van der Waals surface area contributed by atoms with Gasteiger partial charge in [-0.3, -0.25) is 9.59 Å². The predicted octanol–water partition coefficient (Wildman–Crippen LogP) is 3.76. The zero-order chi connectivity index (χ0) is 20.1. The van der Waals surface area contributed by atoms with Gasteiger partial charge in [-0.2, -0.15) is 0 Å².